The molecular weight excluding hydrogens is 238 g/mol. The van der Waals surface area contributed by atoms with Crippen LogP contribution in [0.3, 0.4) is 0 Å². The van der Waals surface area contributed by atoms with Crippen LogP contribution in [0.5, 0.6) is 0 Å². The highest BCUT2D eigenvalue weighted by Gasteiger charge is 2.23. The van der Waals surface area contributed by atoms with Gasteiger partial charge in [0.05, 0.1) is 6.04 Å². The molecule has 1 heterocycles. The maximum atomic E-state index is 13.0. The Hall–Kier alpha value is -1.49. The quantitative estimate of drug-likeness (QED) is 0.898. The van der Waals surface area contributed by atoms with Gasteiger partial charge in [-0.05, 0) is 45.0 Å². The third-order valence-corrected chi connectivity index (χ3v) is 3.25. The molecule has 0 unspecified atom stereocenters. The predicted octanol–water partition coefficient (Wildman–Crippen LogP) is 2.39. The number of hydrogen-bond donors (Lipinski definition) is 1. The number of amides is 1. The average Bonchev–Trinajstić information content (AvgIpc) is 2.86. The van der Waals surface area contributed by atoms with Gasteiger partial charge in [0.1, 0.15) is 0 Å². The number of benzene rings is 1. The lowest BCUT2D eigenvalue weighted by atomic mass is 10.2. The van der Waals surface area contributed by atoms with Crippen LogP contribution in [0, 0.1) is 11.6 Å². The molecule has 0 aliphatic carbocycles. The first-order valence-electron chi connectivity index (χ1n) is 6.08. The lowest BCUT2D eigenvalue weighted by Gasteiger charge is -2.22. The molecule has 0 saturated carbocycles. The molecule has 0 bridgehead atoms. The predicted molar refractivity (Wildman–Crippen MR) is 65.3 cm³/mol. The Morgan fingerprint density at radius 3 is 2.56 bits per heavy atom. The van der Waals surface area contributed by atoms with E-state index in [2.05, 4.69) is 10.2 Å². The first kappa shape index (κ1) is 13.0. The van der Waals surface area contributed by atoms with Crippen LogP contribution < -0.4 is 5.32 Å². The molecule has 1 aliphatic heterocycles. The van der Waals surface area contributed by atoms with E-state index in [-0.39, 0.29) is 17.6 Å². The van der Waals surface area contributed by atoms with Crippen molar-refractivity contribution in [2.24, 2.45) is 0 Å². The van der Waals surface area contributed by atoms with Gasteiger partial charge in [-0.3, -0.25) is 9.69 Å². The second-order valence-electron chi connectivity index (χ2n) is 4.54. The zero-order valence-electron chi connectivity index (χ0n) is 10.2. The third-order valence-electron chi connectivity index (χ3n) is 3.25. The lowest BCUT2D eigenvalue weighted by molar-refractivity contribution is -0.120. The standard InChI is InChI=1S/C13H16F2N2O/c1-9(17-6-2-3-7-17)13(18)16-10-4-5-11(14)12(15)8-10/h4-5,8-9H,2-3,6-7H2,1H3,(H,16,18)/t9-/m1/s1. The van der Waals surface area contributed by atoms with E-state index in [1.807, 2.05) is 6.92 Å². The summed E-state index contributed by atoms with van der Waals surface area (Å²) in [4.78, 5) is 14.0. The minimum Gasteiger partial charge on any atom is -0.325 e. The molecular formula is C13H16F2N2O. The fourth-order valence-corrected chi connectivity index (χ4v) is 2.12. The molecule has 1 aromatic carbocycles. The molecule has 2 rings (SSSR count). The Bertz CT molecular complexity index is 445. The number of anilines is 1. The van der Waals surface area contributed by atoms with Crippen molar-refractivity contribution in [3.8, 4) is 0 Å². The highest BCUT2D eigenvalue weighted by atomic mass is 19.2. The van der Waals surface area contributed by atoms with Gasteiger partial charge < -0.3 is 5.32 Å². The largest absolute Gasteiger partial charge is 0.325 e. The second kappa shape index (κ2) is 5.44. The van der Waals surface area contributed by atoms with E-state index in [1.54, 1.807) is 0 Å². The molecule has 0 aromatic heterocycles. The number of rotatable bonds is 3. The van der Waals surface area contributed by atoms with Gasteiger partial charge in [-0.2, -0.15) is 0 Å². The number of likely N-dealkylation sites (tertiary alicyclic amines) is 1. The number of halogens is 2. The van der Waals surface area contributed by atoms with E-state index >= 15 is 0 Å². The zero-order chi connectivity index (χ0) is 13.1. The summed E-state index contributed by atoms with van der Waals surface area (Å²) in [5.41, 5.74) is 0.282. The molecule has 98 valence electrons. The summed E-state index contributed by atoms with van der Waals surface area (Å²) in [6.07, 6.45) is 2.20. The normalized spacial score (nSPS) is 17.7. The lowest BCUT2D eigenvalue weighted by Crippen LogP contribution is -2.40. The average molecular weight is 254 g/mol. The van der Waals surface area contributed by atoms with Gasteiger partial charge in [-0.1, -0.05) is 0 Å². The van der Waals surface area contributed by atoms with Crippen molar-refractivity contribution in [3.63, 3.8) is 0 Å². The summed E-state index contributed by atoms with van der Waals surface area (Å²) in [6, 6.07) is 3.10. The van der Waals surface area contributed by atoms with Crippen LogP contribution in [0.15, 0.2) is 18.2 Å². The third kappa shape index (κ3) is 2.85. The number of carbonyl (C=O) groups excluding carboxylic acids is 1. The van der Waals surface area contributed by atoms with E-state index < -0.39 is 11.6 Å². The van der Waals surface area contributed by atoms with Gasteiger partial charge in [0.15, 0.2) is 11.6 Å². The van der Waals surface area contributed by atoms with Crippen LogP contribution in [0.1, 0.15) is 19.8 Å². The molecule has 18 heavy (non-hydrogen) atoms. The van der Waals surface area contributed by atoms with Crippen molar-refractivity contribution < 1.29 is 13.6 Å². The van der Waals surface area contributed by atoms with Crippen LogP contribution in [0.4, 0.5) is 14.5 Å². The first-order chi connectivity index (χ1) is 8.58. The minimum absolute atomic E-state index is 0.192. The van der Waals surface area contributed by atoms with Crippen LogP contribution >= 0.6 is 0 Å². The van der Waals surface area contributed by atoms with E-state index in [4.69, 9.17) is 0 Å². The van der Waals surface area contributed by atoms with Crippen LogP contribution in [0.25, 0.3) is 0 Å². The molecule has 3 nitrogen and oxygen atoms in total. The smallest absolute Gasteiger partial charge is 0.241 e. The van der Waals surface area contributed by atoms with E-state index in [9.17, 15) is 13.6 Å². The number of carbonyl (C=O) groups is 1. The van der Waals surface area contributed by atoms with Gasteiger partial charge in [0.2, 0.25) is 5.91 Å². The van der Waals surface area contributed by atoms with Crippen molar-refractivity contribution >= 4 is 11.6 Å². The summed E-state index contributed by atoms with van der Waals surface area (Å²) in [6.45, 7) is 3.64. The van der Waals surface area contributed by atoms with Crippen molar-refractivity contribution in [2.75, 3.05) is 18.4 Å². The minimum atomic E-state index is -0.957. The van der Waals surface area contributed by atoms with Gasteiger partial charge in [-0.25, -0.2) is 8.78 Å². The Balaban J connectivity index is 1.99. The van der Waals surface area contributed by atoms with Crippen LogP contribution in [-0.2, 0) is 4.79 Å². The Labute approximate surface area is 105 Å². The van der Waals surface area contributed by atoms with Gasteiger partial charge in [-0.15, -0.1) is 0 Å². The molecule has 1 fully saturated rings. The fourth-order valence-electron chi connectivity index (χ4n) is 2.12. The van der Waals surface area contributed by atoms with Gasteiger partial charge in [0, 0.05) is 11.8 Å². The highest BCUT2D eigenvalue weighted by molar-refractivity contribution is 5.94. The summed E-state index contributed by atoms with van der Waals surface area (Å²) in [5.74, 6) is -2.06. The molecule has 0 radical (unpaired) electrons. The number of hydrogen-bond acceptors (Lipinski definition) is 2. The van der Waals surface area contributed by atoms with Crippen molar-refractivity contribution in [1.29, 1.82) is 0 Å². The van der Waals surface area contributed by atoms with E-state index in [0.717, 1.165) is 38.1 Å². The van der Waals surface area contributed by atoms with Crippen molar-refractivity contribution in [1.82, 2.24) is 4.90 Å². The summed E-state index contributed by atoms with van der Waals surface area (Å²) < 4.78 is 25.7. The number of nitrogens with one attached hydrogen (secondary N) is 1. The molecule has 1 atom stereocenters. The summed E-state index contributed by atoms with van der Waals surface area (Å²) in [7, 11) is 0. The van der Waals surface area contributed by atoms with Gasteiger partial charge in [0.25, 0.3) is 0 Å². The topological polar surface area (TPSA) is 32.3 Å². The molecule has 1 saturated heterocycles. The summed E-state index contributed by atoms with van der Waals surface area (Å²) >= 11 is 0. The maximum absolute atomic E-state index is 13.0. The van der Waals surface area contributed by atoms with Crippen LogP contribution in [-0.4, -0.2) is 29.9 Å². The Kier molecular flexibility index (Phi) is 3.91. The number of nitrogens with zero attached hydrogens (tertiary/aromatic N) is 1. The SMILES string of the molecule is C[C@H](C(=O)Nc1ccc(F)c(F)c1)N1CCCC1. The Morgan fingerprint density at radius 1 is 1.28 bits per heavy atom. The van der Waals surface area contributed by atoms with E-state index in [0.29, 0.717) is 0 Å². The van der Waals surface area contributed by atoms with Gasteiger partial charge >= 0.3 is 0 Å². The molecule has 1 N–H and O–H groups in total. The van der Waals surface area contributed by atoms with E-state index in [1.165, 1.54) is 6.07 Å². The first-order valence-corrected chi connectivity index (χ1v) is 6.08. The Morgan fingerprint density at radius 2 is 1.94 bits per heavy atom. The maximum Gasteiger partial charge on any atom is 0.241 e. The van der Waals surface area contributed by atoms with Crippen molar-refractivity contribution in [3.05, 3.63) is 29.8 Å². The molecule has 1 aromatic rings. The molecule has 1 amide bonds. The van der Waals surface area contributed by atoms with Crippen molar-refractivity contribution in [2.45, 2.75) is 25.8 Å². The van der Waals surface area contributed by atoms with Crippen LogP contribution in [0.2, 0.25) is 0 Å². The highest BCUT2D eigenvalue weighted by Crippen LogP contribution is 2.16. The monoisotopic (exact) mass is 254 g/mol. The zero-order valence-corrected chi connectivity index (χ0v) is 10.2. The molecule has 5 heteroatoms. The summed E-state index contributed by atoms with van der Waals surface area (Å²) in [5, 5.41) is 2.60. The fraction of sp³-hybridized carbons (Fsp3) is 0.462. The molecule has 1 aliphatic rings. The molecule has 0 spiro atoms. The second-order valence-corrected chi connectivity index (χ2v) is 4.54.